The molecule has 1 aromatic heterocycles. The second kappa shape index (κ2) is 7.25. The number of rotatable bonds is 4. The summed E-state index contributed by atoms with van der Waals surface area (Å²) in [5, 5.41) is 5.08. The summed E-state index contributed by atoms with van der Waals surface area (Å²) >= 11 is 5.95. The molecule has 0 aliphatic carbocycles. The summed E-state index contributed by atoms with van der Waals surface area (Å²) < 4.78 is 20.3. The monoisotopic (exact) mass is 374 g/mol. The molecule has 0 unspecified atom stereocenters. The van der Waals surface area contributed by atoms with E-state index in [1.54, 1.807) is 38.1 Å². The molecule has 5 nitrogen and oxygen atoms in total. The number of benzene rings is 2. The third kappa shape index (κ3) is 3.32. The maximum absolute atomic E-state index is 13.8. The van der Waals surface area contributed by atoms with Crippen LogP contribution >= 0.6 is 11.6 Å². The van der Waals surface area contributed by atoms with E-state index < -0.39 is 11.8 Å². The van der Waals surface area contributed by atoms with Gasteiger partial charge in [0.1, 0.15) is 12.4 Å². The Morgan fingerprint density at radius 3 is 2.54 bits per heavy atom. The Kier molecular flexibility index (Phi) is 5.04. The molecule has 0 radical (unpaired) electrons. The Hall–Kier alpha value is -2.73. The highest BCUT2D eigenvalue weighted by molar-refractivity contribution is 6.31. The fourth-order valence-electron chi connectivity index (χ4n) is 2.58. The number of nitrogens with zero attached hydrogens (tertiary/aromatic N) is 2. The van der Waals surface area contributed by atoms with Crippen LogP contribution in [0, 0.1) is 5.82 Å². The molecule has 0 aliphatic heterocycles. The van der Waals surface area contributed by atoms with Gasteiger partial charge in [-0.1, -0.05) is 35.9 Å². The molecule has 0 fully saturated rings. The third-order valence-corrected chi connectivity index (χ3v) is 4.27. The topological polar surface area (TPSA) is 61.2 Å². The van der Waals surface area contributed by atoms with Crippen LogP contribution in [-0.4, -0.2) is 15.7 Å². The van der Waals surface area contributed by atoms with E-state index in [1.807, 2.05) is 0 Å². The van der Waals surface area contributed by atoms with Gasteiger partial charge < -0.3 is 4.74 Å². The first-order valence-corrected chi connectivity index (χ1v) is 8.39. The zero-order chi connectivity index (χ0) is 18.8. The van der Waals surface area contributed by atoms with Gasteiger partial charge >= 0.3 is 5.97 Å². The number of halogens is 2. The molecule has 0 atom stereocenters. The van der Waals surface area contributed by atoms with Crippen LogP contribution in [0.3, 0.4) is 0 Å². The average Bonchev–Trinajstić information content (AvgIpc) is 2.61. The highest BCUT2D eigenvalue weighted by Gasteiger charge is 2.20. The predicted octanol–water partition coefficient (Wildman–Crippen LogP) is 4.13. The Bertz CT molecular complexity index is 1030. The Balaban J connectivity index is 2.00. The summed E-state index contributed by atoms with van der Waals surface area (Å²) in [6, 6.07) is 10.7. The van der Waals surface area contributed by atoms with Crippen LogP contribution in [0.5, 0.6) is 0 Å². The predicted molar refractivity (Wildman–Crippen MR) is 96.9 cm³/mol. The number of esters is 1. The fraction of sp³-hybridized carbons (Fsp3) is 0.211. The number of hydrogen-bond acceptors (Lipinski definition) is 4. The average molecular weight is 375 g/mol. The van der Waals surface area contributed by atoms with Crippen molar-refractivity contribution in [3.05, 3.63) is 74.9 Å². The van der Waals surface area contributed by atoms with Crippen molar-refractivity contribution in [1.82, 2.24) is 9.78 Å². The van der Waals surface area contributed by atoms with E-state index in [0.29, 0.717) is 10.8 Å². The summed E-state index contributed by atoms with van der Waals surface area (Å²) in [4.78, 5) is 25.1. The van der Waals surface area contributed by atoms with E-state index in [9.17, 15) is 14.0 Å². The van der Waals surface area contributed by atoms with Gasteiger partial charge in [-0.25, -0.2) is 13.9 Å². The smallest absolute Gasteiger partial charge is 0.359 e. The Morgan fingerprint density at radius 1 is 1.19 bits per heavy atom. The molecule has 7 heteroatoms. The van der Waals surface area contributed by atoms with Gasteiger partial charge in [0.15, 0.2) is 5.69 Å². The molecule has 0 bridgehead atoms. The van der Waals surface area contributed by atoms with E-state index in [-0.39, 0.29) is 34.5 Å². The molecule has 1 heterocycles. The van der Waals surface area contributed by atoms with E-state index in [4.69, 9.17) is 16.3 Å². The van der Waals surface area contributed by atoms with Gasteiger partial charge in [-0.3, -0.25) is 4.79 Å². The summed E-state index contributed by atoms with van der Waals surface area (Å²) in [6.07, 6.45) is 0. The first-order chi connectivity index (χ1) is 12.4. The zero-order valence-corrected chi connectivity index (χ0v) is 15.0. The number of ether oxygens (including phenoxy) is 1. The van der Waals surface area contributed by atoms with E-state index in [0.717, 1.165) is 0 Å². The molecule has 3 aromatic rings. The maximum Gasteiger partial charge on any atom is 0.359 e. The van der Waals surface area contributed by atoms with E-state index in [2.05, 4.69) is 5.10 Å². The number of aromatic nitrogens is 2. The summed E-state index contributed by atoms with van der Waals surface area (Å²) in [5.74, 6) is -1.31. The first kappa shape index (κ1) is 18.1. The lowest BCUT2D eigenvalue weighted by Crippen LogP contribution is -2.28. The standard InChI is InChI=1S/C19H16ClFN2O3/c1-11(2)23-18(24)13-7-4-3-6-12(13)17(22-23)19(25)26-10-14-15(20)8-5-9-16(14)21/h3-9,11H,10H2,1-2H3. The van der Waals surface area contributed by atoms with Crippen molar-refractivity contribution in [2.45, 2.75) is 26.5 Å². The van der Waals surface area contributed by atoms with Crippen LogP contribution in [0.1, 0.15) is 35.9 Å². The molecule has 134 valence electrons. The van der Waals surface area contributed by atoms with Crippen molar-refractivity contribution in [2.24, 2.45) is 0 Å². The molecule has 2 aromatic carbocycles. The molecular formula is C19H16ClFN2O3. The van der Waals surface area contributed by atoms with Gasteiger partial charge in [0.05, 0.1) is 16.5 Å². The van der Waals surface area contributed by atoms with Crippen molar-refractivity contribution < 1.29 is 13.9 Å². The molecule has 0 aliphatic rings. The zero-order valence-electron chi connectivity index (χ0n) is 14.2. The van der Waals surface area contributed by atoms with Crippen molar-refractivity contribution in [3.63, 3.8) is 0 Å². The van der Waals surface area contributed by atoms with Crippen LogP contribution in [0.25, 0.3) is 10.8 Å². The Morgan fingerprint density at radius 2 is 1.88 bits per heavy atom. The van der Waals surface area contributed by atoms with Crippen molar-refractivity contribution in [2.75, 3.05) is 0 Å². The van der Waals surface area contributed by atoms with Gasteiger partial charge in [-0.15, -0.1) is 0 Å². The van der Waals surface area contributed by atoms with E-state index in [1.165, 1.54) is 22.9 Å². The van der Waals surface area contributed by atoms with Crippen molar-refractivity contribution >= 4 is 28.3 Å². The lowest BCUT2D eigenvalue weighted by Gasteiger charge is -2.13. The van der Waals surface area contributed by atoms with Gasteiger partial charge in [-0.2, -0.15) is 5.10 Å². The second-order valence-corrected chi connectivity index (χ2v) is 6.42. The number of carbonyl (C=O) groups is 1. The largest absolute Gasteiger partial charge is 0.456 e. The molecule has 0 saturated heterocycles. The minimum Gasteiger partial charge on any atom is -0.456 e. The quantitative estimate of drug-likeness (QED) is 0.644. The molecular weight excluding hydrogens is 359 g/mol. The summed E-state index contributed by atoms with van der Waals surface area (Å²) in [6.45, 7) is 3.25. The van der Waals surface area contributed by atoms with Crippen LogP contribution in [-0.2, 0) is 11.3 Å². The SMILES string of the molecule is CC(C)n1nc(C(=O)OCc2c(F)cccc2Cl)c2ccccc2c1=O. The van der Waals surface area contributed by atoms with Crippen molar-refractivity contribution in [3.8, 4) is 0 Å². The van der Waals surface area contributed by atoms with Crippen molar-refractivity contribution in [1.29, 1.82) is 0 Å². The highest BCUT2D eigenvalue weighted by atomic mass is 35.5. The fourth-order valence-corrected chi connectivity index (χ4v) is 2.80. The lowest BCUT2D eigenvalue weighted by molar-refractivity contribution is 0.0461. The van der Waals surface area contributed by atoms with Gasteiger partial charge in [0, 0.05) is 10.9 Å². The number of fused-ring (bicyclic) bond motifs is 1. The minimum atomic E-state index is -0.755. The second-order valence-electron chi connectivity index (χ2n) is 6.01. The van der Waals surface area contributed by atoms with Crippen LogP contribution in [0.4, 0.5) is 4.39 Å². The minimum absolute atomic E-state index is 0.00126. The van der Waals surface area contributed by atoms with Gasteiger partial charge in [-0.05, 0) is 32.0 Å². The summed E-state index contributed by atoms with van der Waals surface area (Å²) in [5.41, 5.74) is -0.199. The molecule has 0 N–H and O–H groups in total. The first-order valence-electron chi connectivity index (χ1n) is 8.01. The van der Waals surface area contributed by atoms with Crippen LogP contribution < -0.4 is 5.56 Å². The highest BCUT2D eigenvalue weighted by Crippen LogP contribution is 2.21. The third-order valence-electron chi connectivity index (χ3n) is 3.92. The van der Waals surface area contributed by atoms with E-state index >= 15 is 0 Å². The number of carbonyl (C=O) groups excluding carboxylic acids is 1. The van der Waals surface area contributed by atoms with Crippen LogP contribution in [0.2, 0.25) is 5.02 Å². The molecule has 0 spiro atoms. The Labute approximate surface area is 154 Å². The normalized spacial score (nSPS) is 11.1. The molecule has 26 heavy (non-hydrogen) atoms. The molecule has 3 rings (SSSR count). The van der Waals surface area contributed by atoms with Gasteiger partial charge in [0.2, 0.25) is 0 Å². The maximum atomic E-state index is 13.8. The molecule has 0 saturated carbocycles. The number of hydrogen-bond donors (Lipinski definition) is 0. The summed E-state index contributed by atoms with van der Waals surface area (Å²) in [7, 11) is 0. The molecule has 0 amide bonds. The lowest BCUT2D eigenvalue weighted by atomic mass is 10.1. The van der Waals surface area contributed by atoms with Crippen LogP contribution in [0.15, 0.2) is 47.3 Å². The van der Waals surface area contributed by atoms with Gasteiger partial charge in [0.25, 0.3) is 5.56 Å².